The number of allylic oxidation sites excluding steroid dienone is 2. The first-order valence-corrected chi connectivity index (χ1v) is 9.52. The Hall–Kier alpha value is -1.55. The van der Waals surface area contributed by atoms with Crippen molar-refractivity contribution in [3.63, 3.8) is 0 Å². The van der Waals surface area contributed by atoms with Gasteiger partial charge in [0, 0.05) is 18.8 Å². The van der Waals surface area contributed by atoms with Gasteiger partial charge in [-0.2, -0.15) is 0 Å². The normalized spacial score (nSPS) is 13.3. The van der Waals surface area contributed by atoms with Crippen molar-refractivity contribution < 1.29 is 8.42 Å². The van der Waals surface area contributed by atoms with Gasteiger partial charge in [-0.15, -0.1) is 0 Å². The van der Waals surface area contributed by atoms with Gasteiger partial charge < -0.3 is 16.8 Å². The predicted octanol–water partition coefficient (Wildman–Crippen LogP) is 1.83. The van der Waals surface area contributed by atoms with Crippen LogP contribution in [0.15, 0.2) is 57.1 Å². The van der Waals surface area contributed by atoms with E-state index < -0.39 is 10.0 Å². The van der Waals surface area contributed by atoms with E-state index in [4.69, 9.17) is 23.1 Å². The highest BCUT2D eigenvalue weighted by molar-refractivity contribution is 9.11. The van der Waals surface area contributed by atoms with Crippen molar-refractivity contribution in [2.24, 2.45) is 10.7 Å². The summed E-state index contributed by atoms with van der Waals surface area (Å²) in [4.78, 5) is 4.04. The van der Waals surface area contributed by atoms with Crippen LogP contribution in [-0.2, 0) is 10.0 Å². The molecular weight excluding hydrogens is 418 g/mol. The zero-order valence-corrected chi connectivity index (χ0v) is 16.0. The summed E-state index contributed by atoms with van der Waals surface area (Å²) in [6, 6.07) is 6.10. The van der Waals surface area contributed by atoms with Crippen molar-refractivity contribution >= 4 is 48.5 Å². The lowest BCUT2D eigenvalue weighted by Crippen LogP contribution is -2.27. The standard InChI is InChI=1S/C14H19BrClN5O2S/c1-2-12(15)13(21-14(16)18)19-7-4-8-20-24(22,23)11-6-3-5-10(17)9-11/h2-3,5-6,9,19-20H,1,4,7-8,17H2,(H2,18,21)/b13-12+. The number of benzene rings is 1. The zero-order chi connectivity index (χ0) is 18.2. The summed E-state index contributed by atoms with van der Waals surface area (Å²) in [5.41, 5.74) is 11.3. The van der Waals surface area contributed by atoms with E-state index in [2.05, 4.69) is 37.5 Å². The molecule has 0 aliphatic heterocycles. The predicted molar refractivity (Wildman–Crippen MR) is 102 cm³/mol. The minimum atomic E-state index is -3.59. The molecule has 0 radical (unpaired) electrons. The van der Waals surface area contributed by atoms with Gasteiger partial charge in [-0.25, -0.2) is 18.1 Å². The van der Waals surface area contributed by atoms with Crippen molar-refractivity contribution in [2.45, 2.75) is 11.3 Å². The molecule has 0 spiro atoms. The summed E-state index contributed by atoms with van der Waals surface area (Å²) in [5.74, 6) is 0.413. The number of hydrogen-bond donors (Lipinski definition) is 4. The highest BCUT2D eigenvalue weighted by Crippen LogP contribution is 2.13. The summed E-state index contributed by atoms with van der Waals surface area (Å²) < 4.78 is 27.3. The third-order valence-electron chi connectivity index (χ3n) is 2.73. The molecular formula is C14H19BrClN5O2S. The number of hydrogen-bond acceptors (Lipinski definition) is 5. The molecule has 0 saturated heterocycles. The molecule has 0 atom stereocenters. The summed E-state index contributed by atoms with van der Waals surface area (Å²) in [6.07, 6.45) is 2.05. The molecule has 0 bridgehead atoms. The van der Waals surface area contributed by atoms with Crippen LogP contribution in [0.1, 0.15) is 6.42 Å². The quantitative estimate of drug-likeness (QED) is 0.117. The number of nitrogen functional groups attached to an aromatic ring is 1. The molecule has 0 amide bonds. The lowest BCUT2D eigenvalue weighted by atomic mass is 10.3. The molecule has 0 saturated carbocycles. The number of amidine groups is 1. The van der Waals surface area contributed by atoms with Gasteiger partial charge >= 0.3 is 0 Å². The second kappa shape index (κ2) is 9.67. The Morgan fingerprint density at radius 3 is 2.71 bits per heavy atom. The first-order valence-electron chi connectivity index (χ1n) is 6.87. The summed E-state index contributed by atoms with van der Waals surface area (Å²) in [7, 11) is -3.59. The molecule has 1 rings (SSSR count). The van der Waals surface area contributed by atoms with E-state index in [1.54, 1.807) is 12.1 Å². The molecule has 0 aliphatic carbocycles. The average molecular weight is 437 g/mol. The second-order valence-corrected chi connectivity index (χ2v) is 7.59. The van der Waals surface area contributed by atoms with Crippen molar-refractivity contribution in [3.8, 4) is 0 Å². The van der Waals surface area contributed by atoms with Crippen LogP contribution in [0.25, 0.3) is 0 Å². The number of nitrogens with one attached hydrogen (secondary N) is 2. The van der Waals surface area contributed by atoms with Crippen LogP contribution in [0.4, 0.5) is 5.69 Å². The van der Waals surface area contributed by atoms with Gasteiger partial charge in [-0.05, 0) is 52.2 Å². The van der Waals surface area contributed by atoms with Gasteiger partial charge in [0.25, 0.3) is 0 Å². The van der Waals surface area contributed by atoms with Gasteiger partial charge in [0.15, 0.2) is 5.29 Å². The SMILES string of the molecule is C=C/C(Br)=C(\N=C(N)Cl)NCCCNS(=O)(=O)c1cccc(N)c1. The molecule has 0 aromatic heterocycles. The van der Waals surface area contributed by atoms with Gasteiger partial charge in [0.05, 0.1) is 9.38 Å². The maximum absolute atomic E-state index is 12.1. The maximum Gasteiger partial charge on any atom is 0.240 e. The van der Waals surface area contributed by atoms with Crippen molar-refractivity contribution in [1.29, 1.82) is 0 Å². The molecule has 0 aliphatic rings. The molecule has 0 fully saturated rings. The average Bonchev–Trinajstić information content (AvgIpc) is 2.52. The number of rotatable bonds is 9. The Labute approximate surface area is 155 Å². The smallest absolute Gasteiger partial charge is 0.240 e. The van der Waals surface area contributed by atoms with E-state index >= 15 is 0 Å². The number of sulfonamides is 1. The van der Waals surface area contributed by atoms with E-state index in [0.717, 1.165) is 0 Å². The number of aliphatic imine (C=N–C) groups is 1. The highest BCUT2D eigenvalue weighted by Gasteiger charge is 2.13. The fourth-order valence-corrected chi connectivity index (χ4v) is 3.09. The van der Waals surface area contributed by atoms with Crippen LogP contribution < -0.4 is 21.5 Å². The van der Waals surface area contributed by atoms with E-state index in [1.807, 2.05) is 0 Å². The van der Waals surface area contributed by atoms with Gasteiger partial charge in [-0.3, -0.25) is 0 Å². The van der Waals surface area contributed by atoms with Crippen LogP contribution in [-0.4, -0.2) is 26.8 Å². The van der Waals surface area contributed by atoms with Gasteiger partial charge in [0.1, 0.15) is 5.82 Å². The molecule has 0 unspecified atom stereocenters. The molecule has 6 N–H and O–H groups in total. The zero-order valence-electron chi connectivity index (χ0n) is 12.8. The largest absolute Gasteiger partial charge is 0.399 e. The van der Waals surface area contributed by atoms with E-state index in [0.29, 0.717) is 29.0 Å². The molecule has 0 heterocycles. The van der Waals surface area contributed by atoms with Crippen LogP contribution in [0.3, 0.4) is 0 Å². The maximum atomic E-state index is 12.1. The lowest BCUT2D eigenvalue weighted by molar-refractivity contribution is 0.577. The first-order chi connectivity index (χ1) is 11.3. The van der Waals surface area contributed by atoms with E-state index in [1.165, 1.54) is 18.2 Å². The minimum Gasteiger partial charge on any atom is -0.399 e. The highest BCUT2D eigenvalue weighted by atomic mass is 79.9. The van der Waals surface area contributed by atoms with Crippen molar-refractivity contribution in [3.05, 3.63) is 47.2 Å². The lowest BCUT2D eigenvalue weighted by Gasteiger charge is -2.10. The van der Waals surface area contributed by atoms with Gasteiger partial charge in [-0.1, -0.05) is 18.7 Å². The minimum absolute atomic E-state index is 0.126. The summed E-state index contributed by atoms with van der Waals surface area (Å²) in [5, 5.41) is 2.87. The second-order valence-electron chi connectivity index (χ2n) is 4.59. The molecule has 1 aromatic rings. The Morgan fingerprint density at radius 1 is 1.42 bits per heavy atom. The van der Waals surface area contributed by atoms with Gasteiger partial charge in [0.2, 0.25) is 10.0 Å². The molecule has 1 aromatic carbocycles. The van der Waals surface area contributed by atoms with Crippen molar-refractivity contribution in [2.75, 3.05) is 18.8 Å². The van der Waals surface area contributed by atoms with Crippen molar-refractivity contribution in [1.82, 2.24) is 10.0 Å². The molecule has 7 nitrogen and oxygen atoms in total. The Bertz CT molecular complexity index is 745. The van der Waals surface area contributed by atoms with Crippen LogP contribution in [0.2, 0.25) is 0 Å². The molecule has 24 heavy (non-hydrogen) atoms. The third kappa shape index (κ3) is 6.91. The summed E-state index contributed by atoms with van der Waals surface area (Å²) >= 11 is 8.82. The topological polar surface area (TPSA) is 123 Å². The third-order valence-corrected chi connectivity index (χ3v) is 4.97. The number of anilines is 1. The monoisotopic (exact) mass is 435 g/mol. The Kier molecular flexibility index (Phi) is 8.26. The van der Waals surface area contributed by atoms with Crippen LogP contribution >= 0.6 is 27.5 Å². The molecule has 10 heteroatoms. The number of nitrogens with two attached hydrogens (primary N) is 2. The number of nitrogens with zero attached hydrogens (tertiary/aromatic N) is 1. The fourth-order valence-electron chi connectivity index (χ4n) is 1.65. The first kappa shape index (κ1) is 20.5. The number of halogens is 2. The molecule has 132 valence electrons. The summed E-state index contributed by atoms with van der Waals surface area (Å²) in [6.45, 7) is 4.30. The fraction of sp³-hybridized carbons (Fsp3) is 0.214. The Morgan fingerprint density at radius 2 is 2.12 bits per heavy atom. The van der Waals surface area contributed by atoms with Crippen LogP contribution in [0, 0.1) is 0 Å². The van der Waals surface area contributed by atoms with E-state index in [9.17, 15) is 8.42 Å². The van der Waals surface area contributed by atoms with Crippen LogP contribution in [0.5, 0.6) is 0 Å². The Balaban J connectivity index is 2.54. The van der Waals surface area contributed by atoms with E-state index in [-0.39, 0.29) is 16.7 Å².